The molecule has 6 heteroatoms. The minimum absolute atomic E-state index is 0.352. The van der Waals surface area contributed by atoms with Gasteiger partial charge in [0.2, 0.25) is 11.8 Å². The molecular formula is C15H18N4O2. The third kappa shape index (κ3) is 3.82. The smallest absolute Gasteiger partial charge is 0.226 e. The lowest BCUT2D eigenvalue weighted by atomic mass is 10.1. The van der Waals surface area contributed by atoms with E-state index in [-0.39, 0.29) is 0 Å². The first-order valence-corrected chi connectivity index (χ1v) is 7.00. The van der Waals surface area contributed by atoms with Crippen LogP contribution in [0.5, 0.6) is 11.6 Å². The summed E-state index contributed by atoms with van der Waals surface area (Å²) in [5.41, 5.74) is 6.35. The molecule has 1 aliphatic heterocycles. The molecule has 1 aromatic heterocycles. The fourth-order valence-corrected chi connectivity index (χ4v) is 2.15. The van der Waals surface area contributed by atoms with Crippen LogP contribution in [-0.2, 0) is 4.74 Å². The van der Waals surface area contributed by atoms with Gasteiger partial charge in [0.25, 0.3) is 0 Å². The van der Waals surface area contributed by atoms with Gasteiger partial charge in [0.1, 0.15) is 5.75 Å². The molecule has 3 rings (SSSR count). The van der Waals surface area contributed by atoms with E-state index in [1.165, 1.54) is 0 Å². The monoisotopic (exact) mass is 286 g/mol. The molecule has 0 saturated carbocycles. The number of nitrogens with zero attached hydrogens (tertiary/aromatic N) is 2. The second-order valence-corrected chi connectivity index (χ2v) is 4.92. The number of anilines is 2. The fraction of sp³-hybridized carbons (Fsp3) is 0.333. The molecule has 6 nitrogen and oxygen atoms in total. The molecule has 2 aromatic rings. The average Bonchev–Trinajstić information content (AvgIpc) is 2.51. The van der Waals surface area contributed by atoms with E-state index in [0.717, 1.165) is 26.1 Å². The summed E-state index contributed by atoms with van der Waals surface area (Å²) in [7, 11) is 0. The molecule has 1 aliphatic rings. The lowest BCUT2D eigenvalue weighted by Gasteiger charge is -2.23. The second-order valence-electron chi connectivity index (χ2n) is 4.92. The van der Waals surface area contributed by atoms with Crippen LogP contribution in [0.25, 0.3) is 0 Å². The van der Waals surface area contributed by atoms with E-state index in [2.05, 4.69) is 15.3 Å². The molecule has 0 unspecified atom stereocenters. The Morgan fingerprint density at radius 2 is 1.90 bits per heavy atom. The summed E-state index contributed by atoms with van der Waals surface area (Å²) in [5.74, 6) is 1.78. The average molecular weight is 286 g/mol. The summed E-state index contributed by atoms with van der Waals surface area (Å²) in [6, 6.07) is 9.28. The number of aromatic nitrogens is 2. The van der Waals surface area contributed by atoms with Crippen molar-refractivity contribution in [2.24, 2.45) is 0 Å². The van der Waals surface area contributed by atoms with Crippen molar-refractivity contribution in [2.45, 2.75) is 18.9 Å². The van der Waals surface area contributed by atoms with Crippen LogP contribution < -0.4 is 15.8 Å². The zero-order valence-electron chi connectivity index (χ0n) is 11.7. The number of nitrogens with one attached hydrogen (secondary N) is 1. The lowest BCUT2D eigenvalue weighted by molar-refractivity contribution is 0.0903. The van der Waals surface area contributed by atoms with Gasteiger partial charge in [-0.3, -0.25) is 0 Å². The van der Waals surface area contributed by atoms with Gasteiger partial charge >= 0.3 is 0 Å². The van der Waals surface area contributed by atoms with Crippen LogP contribution in [0.4, 0.5) is 11.6 Å². The van der Waals surface area contributed by atoms with Gasteiger partial charge in [-0.05, 0) is 37.1 Å². The molecule has 1 saturated heterocycles. The quantitative estimate of drug-likeness (QED) is 0.840. The fourth-order valence-electron chi connectivity index (χ4n) is 2.15. The molecule has 21 heavy (non-hydrogen) atoms. The third-order valence-electron chi connectivity index (χ3n) is 3.29. The standard InChI is InChI=1S/C15H18N4O2/c16-11-1-3-13(4-2-11)21-14-5-8-17-15(19-14)18-12-6-9-20-10-7-12/h1-5,8,12H,6-7,9-10,16H2,(H,17,18,19). The molecule has 0 aliphatic carbocycles. The van der Waals surface area contributed by atoms with Crippen molar-refractivity contribution in [1.82, 2.24) is 9.97 Å². The summed E-state index contributed by atoms with van der Waals surface area (Å²) in [4.78, 5) is 8.59. The first-order chi connectivity index (χ1) is 10.3. The highest BCUT2D eigenvalue weighted by molar-refractivity contribution is 5.42. The molecule has 1 aromatic carbocycles. The van der Waals surface area contributed by atoms with Crippen LogP contribution in [-0.4, -0.2) is 29.2 Å². The van der Waals surface area contributed by atoms with Crippen LogP contribution >= 0.6 is 0 Å². The van der Waals surface area contributed by atoms with Crippen molar-refractivity contribution in [3.63, 3.8) is 0 Å². The normalized spacial score (nSPS) is 15.6. The molecule has 2 heterocycles. The molecule has 3 N–H and O–H groups in total. The highest BCUT2D eigenvalue weighted by Gasteiger charge is 2.14. The van der Waals surface area contributed by atoms with Gasteiger partial charge < -0.3 is 20.5 Å². The summed E-state index contributed by atoms with van der Waals surface area (Å²) in [6.45, 7) is 1.55. The van der Waals surface area contributed by atoms with E-state index in [4.69, 9.17) is 15.2 Å². The third-order valence-corrected chi connectivity index (χ3v) is 3.29. The Labute approximate surface area is 123 Å². The SMILES string of the molecule is Nc1ccc(Oc2ccnc(NC3CCOCC3)n2)cc1. The van der Waals surface area contributed by atoms with Gasteiger partial charge in [-0.25, -0.2) is 4.98 Å². The maximum Gasteiger partial charge on any atom is 0.226 e. The second kappa shape index (κ2) is 6.41. The molecule has 0 radical (unpaired) electrons. The first kappa shape index (κ1) is 13.6. The van der Waals surface area contributed by atoms with Crippen LogP contribution in [0.2, 0.25) is 0 Å². The molecule has 110 valence electrons. The van der Waals surface area contributed by atoms with Crippen molar-refractivity contribution >= 4 is 11.6 Å². The predicted molar refractivity (Wildman–Crippen MR) is 80.4 cm³/mol. The van der Waals surface area contributed by atoms with E-state index in [0.29, 0.717) is 29.3 Å². The van der Waals surface area contributed by atoms with Crippen molar-refractivity contribution in [3.8, 4) is 11.6 Å². The van der Waals surface area contributed by atoms with E-state index in [1.807, 2.05) is 12.1 Å². The lowest BCUT2D eigenvalue weighted by Crippen LogP contribution is -2.28. The zero-order chi connectivity index (χ0) is 14.5. The van der Waals surface area contributed by atoms with Crippen LogP contribution in [0, 0.1) is 0 Å². The Morgan fingerprint density at radius 1 is 1.14 bits per heavy atom. The van der Waals surface area contributed by atoms with Crippen molar-refractivity contribution < 1.29 is 9.47 Å². The first-order valence-electron chi connectivity index (χ1n) is 7.00. The number of nitrogens with two attached hydrogens (primary N) is 1. The number of benzene rings is 1. The number of nitrogen functional groups attached to an aromatic ring is 1. The van der Waals surface area contributed by atoms with E-state index in [1.54, 1.807) is 24.4 Å². The van der Waals surface area contributed by atoms with Crippen LogP contribution in [0.15, 0.2) is 36.5 Å². The van der Waals surface area contributed by atoms with Crippen molar-refractivity contribution in [2.75, 3.05) is 24.3 Å². The van der Waals surface area contributed by atoms with E-state index in [9.17, 15) is 0 Å². The van der Waals surface area contributed by atoms with Crippen LogP contribution in [0.3, 0.4) is 0 Å². The molecule has 0 atom stereocenters. The van der Waals surface area contributed by atoms with Gasteiger partial charge in [0.15, 0.2) is 0 Å². The van der Waals surface area contributed by atoms with Crippen LogP contribution in [0.1, 0.15) is 12.8 Å². The molecule has 0 spiro atoms. The summed E-state index contributed by atoms with van der Waals surface area (Å²) in [6.07, 6.45) is 3.61. The van der Waals surface area contributed by atoms with Gasteiger partial charge in [0.05, 0.1) is 0 Å². The Morgan fingerprint density at radius 3 is 2.67 bits per heavy atom. The minimum atomic E-state index is 0.352. The molecule has 1 fully saturated rings. The highest BCUT2D eigenvalue weighted by atomic mass is 16.5. The Kier molecular flexibility index (Phi) is 4.16. The van der Waals surface area contributed by atoms with Crippen molar-refractivity contribution in [3.05, 3.63) is 36.5 Å². The summed E-state index contributed by atoms with van der Waals surface area (Å²) >= 11 is 0. The van der Waals surface area contributed by atoms with E-state index >= 15 is 0 Å². The molecule has 0 amide bonds. The Balaban J connectivity index is 1.66. The highest BCUT2D eigenvalue weighted by Crippen LogP contribution is 2.21. The van der Waals surface area contributed by atoms with E-state index < -0.39 is 0 Å². The Bertz CT molecular complexity index is 582. The predicted octanol–water partition coefficient (Wildman–Crippen LogP) is 2.44. The minimum Gasteiger partial charge on any atom is -0.439 e. The number of hydrogen-bond acceptors (Lipinski definition) is 6. The van der Waals surface area contributed by atoms with Crippen molar-refractivity contribution in [1.29, 1.82) is 0 Å². The summed E-state index contributed by atoms with van der Waals surface area (Å²) in [5, 5.41) is 3.31. The van der Waals surface area contributed by atoms with Gasteiger partial charge in [0, 0.05) is 37.2 Å². The van der Waals surface area contributed by atoms with Gasteiger partial charge in [-0.1, -0.05) is 0 Å². The zero-order valence-corrected chi connectivity index (χ0v) is 11.7. The number of ether oxygens (including phenoxy) is 2. The maximum absolute atomic E-state index is 5.69. The van der Waals surface area contributed by atoms with Gasteiger partial charge in [-0.2, -0.15) is 4.98 Å². The molecular weight excluding hydrogens is 268 g/mol. The summed E-state index contributed by atoms with van der Waals surface area (Å²) < 4.78 is 11.0. The topological polar surface area (TPSA) is 82.3 Å². The van der Waals surface area contributed by atoms with Gasteiger partial charge in [-0.15, -0.1) is 0 Å². The number of rotatable bonds is 4. The Hall–Kier alpha value is -2.34. The molecule has 0 bridgehead atoms. The number of hydrogen-bond donors (Lipinski definition) is 2. The largest absolute Gasteiger partial charge is 0.439 e. The maximum atomic E-state index is 5.69.